The lowest BCUT2D eigenvalue weighted by atomic mass is 10.3. The average Bonchev–Trinajstić information content (AvgIpc) is 2.97. The highest BCUT2D eigenvalue weighted by atomic mass is 79.9. The molecule has 0 spiro atoms. The first-order valence-electron chi connectivity index (χ1n) is 4.46. The van der Waals surface area contributed by atoms with Crippen molar-refractivity contribution in [3.05, 3.63) is 16.1 Å². The molecule has 0 radical (unpaired) electrons. The lowest BCUT2D eigenvalue weighted by molar-refractivity contribution is 0.101. The summed E-state index contributed by atoms with van der Waals surface area (Å²) in [6.45, 7) is 0. The Balaban J connectivity index is 0.00000112. The number of imidazole rings is 1. The number of alkyl halides is 1. The molecule has 1 aliphatic rings. The molecule has 0 N–H and O–H groups in total. The number of hydrogen-bond donors (Lipinski definition) is 0. The van der Waals surface area contributed by atoms with Gasteiger partial charge in [-0.1, -0.05) is 15.9 Å². The molecule has 1 fully saturated rings. The van der Waals surface area contributed by atoms with E-state index >= 15 is 0 Å². The molecular formula is C9H11Br3N2O. The van der Waals surface area contributed by atoms with Crippen molar-refractivity contribution in [2.24, 2.45) is 7.05 Å². The fourth-order valence-electron chi connectivity index (χ4n) is 1.43. The number of Topliss-reactive ketones (excluding diaryl/α,β-unsaturated/α-hetero) is 1. The van der Waals surface area contributed by atoms with Crippen LogP contribution in [0.15, 0.2) is 4.60 Å². The van der Waals surface area contributed by atoms with E-state index in [9.17, 15) is 4.79 Å². The van der Waals surface area contributed by atoms with Crippen LogP contribution in [0.2, 0.25) is 0 Å². The van der Waals surface area contributed by atoms with Crippen LogP contribution in [0.3, 0.4) is 0 Å². The van der Waals surface area contributed by atoms with Gasteiger partial charge in [0.15, 0.2) is 5.82 Å². The topological polar surface area (TPSA) is 34.9 Å². The van der Waals surface area contributed by atoms with Crippen LogP contribution in [0.25, 0.3) is 0 Å². The molecule has 1 heterocycles. The second kappa shape index (κ2) is 5.10. The van der Waals surface area contributed by atoms with Gasteiger partial charge in [0, 0.05) is 13.0 Å². The van der Waals surface area contributed by atoms with Gasteiger partial charge in [0.2, 0.25) is 5.78 Å². The van der Waals surface area contributed by atoms with Crippen molar-refractivity contribution < 1.29 is 4.79 Å². The van der Waals surface area contributed by atoms with E-state index in [1.54, 1.807) is 0 Å². The van der Waals surface area contributed by atoms with E-state index < -0.39 is 0 Å². The lowest BCUT2D eigenvalue weighted by Crippen LogP contribution is -2.08. The van der Waals surface area contributed by atoms with Crippen molar-refractivity contribution >= 4 is 54.6 Å². The third-order valence-electron chi connectivity index (χ3n) is 2.38. The van der Waals surface area contributed by atoms with Crippen molar-refractivity contribution in [3.63, 3.8) is 0 Å². The van der Waals surface area contributed by atoms with E-state index in [1.807, 2.05) is 11.6 Å². The van der Waals surface area contributed by atoms with Gasteiger partial charge >= 0.3 is 0 Å². The number of carbonyl (C=O) groups excluding carboxylic acids is 1. The van der Waals surface area contributed by atoms with Gasteiger partial charge in [-0.25, -0.2) is 4.98 Å². The summed E-state index contributed by atoms with van der Waals surface area (Å²) in [5, 5.41) is 0.328. The van der Waals surface area contributed by atoms with Gasteiger partial charge in [0.1, 0.15) is 4.60 Å². The number of halogens is 3. The molecule has 0 bridgehead atoms. The Hall–Kier alpha value is 0.320. The number of aromatic nitrogens is 2. The normalized spacial score (nSPS) is 14.9. The van der Waals surface area contributed by atoms with Crippen LogP contribution in [-0.2, 0) is 7.05 Å². The molecule has 1 aromatic heterocycles. The molecule has 1 aromatic rings. The van der Waals surface area contributed by atoms with Gasteiger partial charge in [0.25, 0.3) is 0 Å². The molecule has 84 valence electrons. The summed E-state index contributed by atoms with van der Waals surface area (Å²) in [4.78, 5) is 15.9. The van der Waals surface area contributed by atoms with Crippen LogP contribution in [0.4, 0.5) is 0 Å². The monoisotopic (exact) mass is 400 g/mol. The molecule has 0 unspecified atom stereocenters. The zero-order valence-electron chi connectivity index (χ0n) is 8.17. The average molecular weight is 403 g/mol. The Morgan fingerprint density at radius 1 is 1.60 bits per heavy atom. The largest absolute Gasteiger partial charge is 0.319 e. The predicted molar refractivity (Wildman–Crippen MR) is 71.3 cm³/mol. The molecule has 0 amide bonds. The van der Waals surface area contributed by atoms with Gasteiger partial charge in [-0.3, -0.25) is 4.79 Å². The molecule has 1 saturated carbocycles. The lowest BCUT2D eigenvalue weighted by Gasteiger charge is -1.97. The van der Waals surface area contributed by atoms with Crippen molar-refractivity contribution in [1.82, 2.24) is 9.55 Å². The summed E-state index contributed by atoms with van der Waals surface area (Å²) >= 11 is 6.63. The van der Waals surface area contributed by atoms with Crippen LogP contribution in [0.5, 0.6) is 0 Å². The Bertz CT molecular complexity index is 385. The van der Waals surface area contributed by atoms with Gasteiger partial charge < -0.3 is 4.57 Å². The van der Waals surface area contributed by atoms with Crippen molar-refractivity contribution in [2.75, 3.05) is 5.33 Å². The van der Waals surface area contributed by atoms with E-state index in [2.05, 4.69) is 36.8 Å². The fourth-order valence-corrected chi connectivity index (χ4v) is 2.26. The van der Waals surface area contributed by atoms with Gasteiger partial charge in [0.05, 0.1) is 11.0 Å². The van der Waals surface area contributed by atoms with E-state index in [4.69, 9.17) is 0 Å². The number of ketones is 1. The van der Waals surface area contributed by atoms with Gasteiger partial charge in [-0.05, 0) is 28.8 Å². The summed E-state index contributed by atoms with van der Waals surface area (Å²) in [7, 11) is 1.86. The molecule has 3 nitrogen and oxygen atoms in total. The zero-order chi connectivity index (χ0) is 10.3. The summed E-state index contributed by atoms with van der Waals surface area (Å²) < 4.78 is 2.77. The van der Waals surface area contributed by atoms with Crippen LogP contribution in [0.1, 0.15) is 35.1 Å². The first-order chi connectivity index (χ1) is 6.65. The summed E-state index contributed by atoms with van der Waals surface area (Å²) in [6, 6.07) is 0. The zero-order valence-corrected chi connectivity index (χ0v) is 13.1. The molecule has 15 heavy (non-hydrogen) atoms. The highest BCUT2D eigenvalue weighted by Crippen LogP contribution is 2.42. The second-order valence-corrected chi connectivity index (χ2v) is 4.81. The first kappa shape index (κ1) is 13.4. The van der Waals surface area contributed by atoms with Crippen molar-refractivity contribution in [3.8, 4) is 0 Å². The van der Waals surface area contributed by atoms with Gasteiger partial charge in [-0.15, -0.1) is 17.0 Å². The summed E-state index contributed by atoms with van der Waals surface area (Å²) in [6.07, 6.45) is 2.38. The van der Waals surface area contributed by atoms with Crippen LogP contribution < -0.4 is 0 Å². The molecular weight excluding hydrogens is 392 g/mol. The van der Waals surface area contributed by atoms with Crippen LogP contribution in [0, 0.1) is 0 Å². The molecule has 0 aromatic carbocycles. The quantitative estimate of drug-likeness (QED) is 0.574. The SMILES string of the molecule is Br.Cn1c(C(=O)CBr)nc(C2CC2)c1Br. The van der Waals surface area contributed by atoms with E-state index in [0.29, 0.717) is 17.1 Å². The standard InChI is InChI=1S/C9H10Br2N2O.BrH/c1-13-8(11)7(5-2-3-5)12-9(13)6(14)4-10;/h5H,2-4H2,1H3;1H. The molecule has 6 heteroatoms. The number of carbonyl (C=O) groups is 1. The second-order valence-electron chi connectivity index (χ2n) is 3.50. The van der Waals surface area contributed by atoms with E-state index in [0.717, 1.165) is 10.3 Å². The predicted octanol–water partition coefficient (Wildman–Crippen LogP) is 3.22. The molecule has 0 saturated heterocycles. The van der Waals surface area contributed by atoms with Crippen molar-refractivity contribution in [2.45, 2.75) is 18.8 Å². The highest BCUT2D eigenvalue weighted by Gasteiger charge is 2.30. The molecule has 0 aliphatic heterocycles. The van der Waals surface area contributed by atoms with Gasteiger partial charge in [-0.2, -0.15) is 0 Å². The third-order valence-corrected chi connectivity index (χ3v) is 3.83. The maximum atomic E-state index is 11.5. The highest BCUT2D eigenvalue weighted by molar-refractivity contribution is 9.10. The molecule has 2 rings (SSSR count). The minimum atomic E-state index is 0. The van der Waals surface area contributed by atoms with Crippen LogP contribution >= 0.6 is 48.8 Å². The maximum absolute atomic E-state index is 11.5. The third kappa shape index (κ3) is 2.53. The Morgan fingerprint density at radius 2 is 2.20 bits per heavy atom. The molecule has 0 atom stereocenters. The fraction of sp³-hybridized carbons (Fsp3) is 0.556. The minimum absolute atomic E-state index is 0. The Labute approximate surface area is 116 Å². The Kier molecular flexibility index (Phi) is 4.55. The number of rotatable bonds is 3. The van der Waals surface area contributed by atoms with E-state index in [1.165, 1.54) is 12.8 Å². The van der Waals surface area contributed by atoms with Crippen molar-refractivity contribution in [1.29, 1.82) is 0 Å². The van der Waals surface area contributed by atoms with Crippen LogP contribution in [-0.4, -0.2) is 20.7 Å². The summed E-state index contributed by atoms with van der Waals surface area (Å²) in [5.41, 5.74) is 1.04. The summed E-state index contributed by atoms with van der Waals surface area (Å²) in [5.74, 6) is 1.13. The first-order valence-corrected chi connectivity index (χ1v) is 6.38. The smallest absolute Gasteiger partial charge is 0.208 e. The maximum Gasteiger partial charge on any atom is 0.208 e. The van der Waals surface area contributed by atoms with E-state index in [-0.39, 0.29) is 22.8 Å². The number of hydrogen-bond acceptors (Lipinski definition) is 2. The minimum Gasteiger partial charge on any atom is -0.319 e. The number of nitrogens with zero attached hydrogens (tertiary/aromatic N) is 2. The molecule has 1 aliphatic carbocycles. The Morgan fingerprint density at radius 3 is 2.67 bits per heavy atom.